The molecule has 0 fully saturated rings. The van der Waals surface area contributed by atoms with Crippen molar-refractivity contribution in [3.8, 4) is 0 Å². The number of hydrogen-bond acceptors (Lipinski definition) is 1. The van der Waals surface area contributed by atoms with Crippen LogP contribution in [0.25, 0.3) is 0 Å². The van der Waals surface area contributed by atoms with Crippen LogP contribution < -0.4 is 5.32 Å². The molecule has 0 saturated carbocycles. The van der Waals surface area contributed by atoms with Gasteiger partial charge in [0.15, 0.2) is 5.11 Å². The first-order chi connectivity index (χ1) is 7.99. The van der Waals surface area contributed by atoms with Crippen molar-refractivity contribution in [3.05, 3.63) is 34.3 Å². The maximum Gasteiger partial charge on any atom is 0.168 e. The predicted octanol–water partition coefficient (Wildman–Crippen LogP) is 3.41. The summed E-state index contributed by atoms with van der Waals surface area (Å²) in [4.78, 5) is 2.06. The van der Waals surface area contributed by atoms with Crippen LogP contribution in [0.2, 0.25) is 0 Å². The molecule has 0 bridgehead atoms. The number of halogens is 1. The van der Waals surface area contributed by atoms with Crippen LogP contribution in [0.4, 0.5) is 0 Å². The number of nitrogens with one attached hydrogen (secondary N) is 1. The molecule has 1 rings (SSSR count). The summed E-state index contributed by atoms with van der Waals surface area (Å²) in [5.74, 6) is 0.604. The second-order valence-electron chi connectivity index (χ2n) is 4.57. The molecule has 0 radical (unpaired) electrons. The summed E-state index contributed by atoms with van der Waals surface area (Å²) in [6.07, 6.45) is 0. The molecule has 94 valence electrons. The largest absolute Gasteiger partial charge is 0.362 e. The van der Waals surface area contributed by atoms with Gasteiger partial charge in [0.2, 0.25) is 0 Å². The molecule has 1 N–H and O–H groups in total. The highest BCUT2D eigenvalue weighted by Crippen LogP contribution is 2.12. The van der Waals surface area contributed by atoms with E-state index in [2.05, 4.69) is 52.1 Å². The fourth-order valence-electron chi connectivity index (χ4n) is 1.41. The van der Waals surface area contributed by atoms with Gasteiger partial charge in [-0.25, -0.2) is 0 Å². The number of hydrogen-bond donors (Lipinski definition) is 1. The van der Waals surface area contributed by atoms with Crippen molar-refractivity contribution in [2.75, 3.05) is 13.6 Å². The lowest BCUT2D eigenvalue weighted by Gasteiger charge is -2.22. The van der Waals surface area contributed by atoms with Gasteiger partial charge in [-0.15, -0.1) is 0 Å². The molecular formula is C13H19BrN2S. The number of thiocarbonyl (C=S) groups is 1. The lowest BCUT2D eigenvalue weighted by molar-refractivity contribution is 0.479. The molecule has 0 aliphatic rings. The minimum absolute atomic E-state index is 0.604. The third kappa shape index (κ3) is 5.50. The first-order valence-electron chi connectivity index (χ1n) is 5.72. The lowest BCUT2D eigenvalue weighted by atomic mass is 10.2. The Morgan fingerprint density at radius 2 is 2.18 bits per heavy atom. The lowest BCUT2D eigenvalue weighted by Crippen LogP contribution is -2.38. The van der Waals surface area contributed by atoms with E-state index in [1.165, 1.54) is 5.56 Å². The number of rotatable bonds is 4. The molecule has 0 unspecified atom stereocenters. The smallest absolute Gasteiger partial charge is 0.168 e. The fraction of sp³-hybridized carbons (Fsp3) is 0.462. The topological polar surface area (TPSA) is 15.3 Å². The molecule has 0 heterocycles. The van der Waals surface area contributed by atoms with E-state index in [0.29, 0.717) is 5.92 Å². The Morgan fingerprint density at radius 1 is 1.47 bits per heavy atom. The summed E-state index contributed by atoms with van der Waals surface area (Å²) >= 11 is 8.80. The van der Waals surface area contributed by atoms with Crippen molar-refractivity contribution in [3.63, 3.8) is 0 Å². The maximum absolute atomic E-state index is 5.33. The molecular weight excluding hydrogens is 296 g/mol. The van der Waals surface area contributed by atoms with Gasteiger partial charge in [0.25, 0.3) is 0 Å². The van der Waals surface area contributed by atoms with E-state index in [1.807, 2.05) is 19.2 Å². The Labute approximate surface area is 118 Å². The van der Waals surface area contributed by atoms with Gasteiger partial charge in [-0.05, 0) is 35.8 Å². The quantitative estimate of drug-likeness (QED) is 0.857. The van der Waals surface area contributed by atoms with Gasteiger partial charge < -0.3 is 10.2 Å². The van der Waals surface area contributed by atoms with E-state index < -0.39 is 0 Å². The highest BCUT2D eigenvalue weighted by Gasteiger charge is 2.05. The summed E-state index contributed by atoms with van der Waals surface area (Å²) < 4.78 is 1.10. The van der Waals surface area contributed by atoms with E-state index in [1.54, 1.807) is 0 Å². The molecule has 17 heavy (non-hydrogen) atoms. The standard InChI is InChI=1S/C13H19BrN2S/c1-10(2)8-15-13(17)16(3)9-11-5-4-6-12(14)7-11/h4-7,10H,8-9H2,1-3H3,(H,15,17). The van der Waals surface area contributed by atoms with Crippen LogP contribution in [-0.4, -0.2) is 23.6 Å². The molecule has 0 aromatic heterocycles. The van der Waals surface area contributed by atoms with Crippen LogP contribution in [0.5, 0.6) is 0 Å². The first-order valence-corrected chi connectivity index (χ1v) is 6.92. The van der Waals surface area contributed by atoms with Crippen molar-refractivity contribution >= 4 is 33.3 Å². The first kappa shape index (κ1) is 14.5. The third-order valence-electron chi connectivity index (χ3n) is 2.32. The number of benzene rings is 1. The summed E-state index contributed by atoms with van der Waals surface area (Å²) in [5.41, 5.74) is 1.25. The summed E-state index contributed by atoms with van der Waals surface area (Å²) in [7, 11) is 2.01. The Morgan fingerprint density at radius 3 is 2.76 bits per heavy atom. The Hall–Kier alpha value is -0.610. The average molecular weight is 315 g/mol. The summed E-state index contributed by atoms with van der Waals surface area (Å²) in [5, 5.41) is 4.07. The zero-order valence-electron chi connectivity index (χ0n) is 10.5. The van der Waals surface area contributed by atoms with Crippen LogP contribution in [0, 0.1) is 5.92 Å². The molecule has 1 aromatic rings. The number of nitrogens with zero attached hydrogens (tertiary/aromatic N) is 1. The van der Waals surface area contributed by atoms with Crippen molar-refractivity contribution < 1.29 is 0 Å². The molecule has 0 aliphatic carbocycles. The summed E-state index contributed by atoms with van der Waals surface area (Å²) in [6.45, 7) is 6.08. The van der Waals surface area contributed by atoms with Crippen molar-refractivity contribution in [2.45, 2.75) is 20.4 Å². The van der Waals surface area contributed by atoms with E-state index in [9.17, 15) is 0 Å². The maximum atomic E-state index is 5.33. The Balaban J connectivity index is 2.48. The SMILES string of the molecule is CC(C)CNC(=S)N(C)Cc1cccc(Br)c1. The average Bonchev–Trinajstić information content (AvgIpc) is 2.25. The highest BCUT2D eigenvalue weighted by molar-refractivity contribution is 9.10. The van der Waals surface area contributed by atoms with Crippen LogP contribution in [0.1, 0.15) is 19.4 Å². The van der Waals surface area contributed by atoms with Gasteiger partial charge in [-0.3, -0.25) is 0 Å². The fourth-order valence-corrected chi connectivity index (χ4v) is 2.00. The monoisotopic (exact) mass is 314 g/mol. The van der Waals surface area contributed by atoms with E-state index >= 15 is 0 Å². The van der Waals surface area contributed by atoms with Gasteiger partial charge >= 0.3 is 0 Å². The van der Waals surface area contributed by atoms with Gasteiger partial charge in [0.1, 0.15) is 0 Å². The molecule has 0 aliphatic heterocycles. The predicted molar refractivity (Wildman–Crippen MR) is 81.0 cm³/mol. The van der Waals surface area contributed by atoms with Crippen LogP contribution in [0.15, 0.2) is 28.7 Å². The minimum atomic E-state index is 0.604. The van der Waals surface area contributed by atoms with Crippen molar-refractivity contribution in [1.82, 2.24) is 10.2 Å². The summed E-state index contributed by atoms with van der Waals surface area (Å²) in [6, 6.07) is 8.28. The zero-order valence-corrected chi connectivity index (χ0v) is 12.9. The molecule has 0 spiro atoms. The van der Waals surface area contributed by atoms with E-state index in [0.717, 1.165) is 22.7 Å². The molecule has 0 amide bonds. The minimum Gasteiger partial charge on any atom is -0.362 e. The second-order valence-corrected chi connectivity index (χ2v) is 5.87. The Kier molecular flexibility index (Phi) is 5.92. The second kappa shape index (κ2) is 6.97. The van der Waals surface area contributed by atoms with Crippen molar-refractivity contribution in [1.29, 1.82) is 0 Å². The van der Waals surface area contributed by atoms with Crippen LogP contribution >= 0.6 is 28.1 Å². The van der Waals surface area contributed by atoms with Crippen LogP contribution in [0.3, 0.4) is 0 Å². The molecule has 0 saturated heterocycles. The van der Waals surface area contributed by atoms with Gasteiger partial charge in [-0.1, -0.05) is 41.9 Å². The van der Waals surface area contributed by atoms with E-state index in [4.69, 9.17) is 12.2 Å². The van der Waals surface area contributed by atoms with E-state index in [-0.39, 0.29) is 0 Å². The molecule has 4 heteroatoms. The molecule has 0 atom stereocenters. The molecule has 2 nitrogen and oxygen atoms in total. The molecule has 1 aromatic carbocycles. The van der Waals surface area contributed by atoms with Gasteiger partial charge in [0, 0.05) is 24.6 Å². The van der Waals surface area contributed by atoms with Gasteiger partial charge in [0.05, 0.1) is 0 Å². The van der Waals surface area contributed by atoms with Crippen molar-refractivity contribution in [2.24, 2.45) is 5.92 Å². The third-order valence-corrected chi connectivity index (χ3v) is 3.27. The van der Waals surface area contributed by atoms with Crippen LogP contribution in [-0.2, 0) is 6.54 Å². The zero-order chi connectivity index (χ0) is 12.8. The Bertz CT molecular complexity index is 379. The normalized spacial score (nSPS) is 10.4. The highest BCUT2D eigenvalue weighted by atomic mass is 79.9. The van der Waals surface area contributed by atoms with Gasteiger partial charge in [-0.2, -0.15) is 0 Å².